The van der Waals surface area contributed by atoms with Gasteiger partial charge in [0, 0.05) is 19.1 Å². The molecule has 2 rings (SSSR count). The molecule has 0 radical (unpaired) electrons. The molecular weight excluding hydrogens is 286 g/mol. The molecule has 3 nitrogen and oxygen atoms in total. The van der Waals surface area contributed by atoms with E-state index in [1.54, 1.807) is 11.0 Å². The standard InChI is InChI=1S/C17H26F2N2O/c1-17(2,3)15(22)8-11-7-12(20)10-21(9-11)14-6-4-5-13(18)16(14)19/h4-6,11-12,15,22H,7-10,20H2,1-3H3. The minimum Gasteiger partial charge on any atom is -0.393 e. The van der Waals surface area contributed by atoms with Crippen molar-refractivity contribution in [1.82, 2.24) is 0 Å². The highest BCUT2D eigenvalue weighted by Crippen LogP contribution is 2.31. The van der Waals surface area contributed by atoms with Crippen LogP contribution >= 0.6 is 0 Å². The summed E-state index contributed by atoms with van der Waals surface area (Å²) in [5.41, 5.74) is 6.14. The molecule has 124 valence electrons. The fourth-order valence-electron chi connectivity index (χ4n) is 3.02. The zero-order valence-corrected chi connectivity index (χ0v) is 13.5. The van der Waals surface area contributed by atoms with Crippen LogP contribution in [0.1, 0.15) is 33.6 Å². The molecule has 0 bridgehead atoms. The van der Waals surface area contributed by atoms with Crippen LogP contribution in [-0.4, -0.2) is 30.3 Å². The van der Waals surface area contributed by atoms with E-state index >= 15 is 0 Å². The first-order valence-corrected chi connectivity index (χ1v) is 7.81. The Morgan fingerprint density at radius 2 is 2.00 bits per heavy atom. The Labute approximate surface area is 131 Å². The number of halogens is 2. The van der Waals surface area contributed by atoms with Crippen LogP contribution in [0.25, 0.3) is 0 Å². The summed E-state index contributed by atoms with van der Waals surface area (Å²) in [5, 5.41) is 10.3. The minimum absolute atomic E-state index is 0.103. The maximum absolute atomic E-state index is 14.0. The number of piperidine rings is 1. The number of hydrogen-bond acceptors (Lipinski definition) is 3. The van der Waals surface area contributed by atoms with Crippen molar-refractivity contribution in [1.29, 1.82) is 0 Å². The predicted molar refractivity (Wildman–Crippen MR) is 84.7 cm³/mol. The van der Waals surface area contributed by atoms with Crippen LogP contribution in [0, 0.1) is 23.0 Å². The summed E-state index contributed by atoms with van der Waals surface area (Å²) < 4.78 is 27.4. The summed E-state index contributed by atoms with van der Waals surface area (Å²) in [6, 6.07) is 4.10. The SMILES string of the molecule is CC(C)(C)C(O)CC1CC(N)CN(c2cccc(F)c2F)C1. The maximum atomic E-state index is 14.0. The van der Waals surface area contributed by atoms with E-state index in [4.69, 9.17) is 5.73 Å². The number of anilines is 1. The van der Waals surface area contributed by atoms with E-state index in [9.17, 15) is 13.9 Å². The maximum Gasteiger partial charge on any atom is 0.182 e. The first kappa shape index (κ1) is 17.2. The smallest absolute Gasteiger partial charge is 0.182 e. The van der Waals surface area contributed by atoms with Crippen molar-refractivity contribution in [3.05, 3.63) is 29.8 Å². The van der Waals surface area contributed by atoms with Crippen molar-refractivity contribution >= 4 is 5.69 Å². The molecule has 0 spiro atoms. The lowest BCUT2D eigenvalue weighted by Gasteiger charge is -2.40. The van der Waals surface area contributed by atoms with Crippen molar-refractivity contribution in [2.75, 3.05) is 18.0 Å². The van der Waals surface area contributed by atoms with E-state index in [0.29, 0.717) is 19.5 Å². The van der Waals surface area contributed by atoms with Gasteiger partial charge in [-0.2, -0.15) is 0 Å². The molecule has 1 aliphatic heterocycles. The van der Waals surface area contributed by atoms with Crippen LogP contribution in [0.3, 0.4) is 0 Å². The lowest BCUT2D eigenvalue weighted by atomic mass is 9.80. The molecule has 3 unspecified atom stereocenters. The van der Waals surface area contributed by atoms with Crippen molar-refractivity contribution in [2.24, 2.45) is 17.1 Å². The van der Waals surface area contributed by atoms with Crippen LogP contribution in [-0.2, 0) is 0 Å². The first-order chi connectivity index (χ1) is 10.2. The van der Waals surface area contributed by atoms with Crippen molar-refractivity contribution in [3.8, 4) is 0 Å². The van der Waals surface area contributed by atoms with Gasteiger partial charge in [0.05, 0.1) is 11.8 Å². The molecule has 0 aliphatic carbocycles. The topological polar surface area (TPSA) is 49.5 Å². The Morgan fingerprint density at radius 3 is 2.64 bits per heavy atom. The second-order valence-electron chi connectivity index (χ2n) is 7.46. The fraction of sp³-hybridized carbons (Fsp3) is 0.647. The molecule has 1 aromatic carbocycles. The average Bonchev–Trinajstić information content (AvgIpc) is 2.40. The normalized spacial score (nSPS) is 24.4. The van der Waals surface area contributed by atoms with E-state index in [2.05, 4.69) is 0 Å². The Morgan fingerprint density at radius 1 is 1.32 bits per heavy atom. The number of benzene rings is 1. The van der Waals surface area contributed by atoms with Gasteiger partial charge in [-0.3, -0.25) is 0 Å². The molecule has 0 aromatic heterocycles. The molecule has 1 fully saturated rings. The quantitative estimate of drug-likeness (QED) is 0.902. The average molecular weight is 312 g/mol. The third-order valence-electron chi connectivity index (χ3n) is 4.40. The first-order valence-electron chi connectivity index (χ1n) is 7.81. The van der Waals surface area contributed by atoms with E-state index in [1.165, 1.54) is 6.07 Å². The Hall–Kier alpha value is -1.20. The largest absolute Gasteiger partial charge is 0.393 e. The van der Waals surface area contributed by atoms with Gasteiger partial charge in [0.2, 0.25) is 0 Å². The monoisotopic (exact) mass is 312 g/mol. The molecule has 1 heterocycles. The molecular formula is C17H26F2N2O. The third-order valence-corrected chi connectivity index (χ3v) is 4.40. The highest BCUT2D eigenvalue weighted by molar-refractivity contribution is 5.48. The fourth-order valence-corrected chi connectivity index (χ4v) is 3.02. The van der Waals surface area contributed by atoms with Gasteiger partial charge in [0.25, 0.3) is 0 Å². The highest BCUT2D eigenvalue weighted by atomic mass is 19.2. The number of aliphatic hydroxyl groups excluding tert-OH is 1. The van der Waals surface area contributed by atoms with Crippen LogP contribution in [0.5, 0.6) is 0 Å². The molecule has 3 N–H and O–H groups in total. The zero-order valence-electron chi connectivity index (χ0n) is 13.5. The molecule has 0 amide bonds. The van der Waals surface area contributed by atoms with E-state index < -0.39 is 17.7 Å². The lowest BCUT2D eigenvalue weighted by molar-refractivity contribution is 0.0381. The van der Waals surface area contributed by atoms with Gasteiger partial charge in [-0.25, -0.2) is 8.78 Å². The van der Waals surface area contributed by atoms with Crippen LogP contribution < -0.4 is 10.6 Å². The Kier molecular flexibility index (Phi) is 5.07. The third kappa shape index (κ3) is 3.96. The van der Waals surface area contributed by atoms with Gasteiger partial charge in [-0.15, -0.1) is 0 Å². The van der Waals surface area contributed by atoms with Gasteiger partial charge in [0.1, 0.15) is 0 Å². The second-order valence-corrected chi connectivity index (χ2v) is 7.46. The van der Waals surface area contributed by atoms with Crippen LogP contribution in [0.2, 0.25) is 0 Å². The van der Waals surface area contributed by atoms with Crippen molar-refractivity contribution in [3.63, 3.8) is 0 Å². The molecule has 1 saturated heterocycles. The van der Waals surface area contributed by atoms with Crippen molar-refractivity contribution < 1.29 is 13.9 Å². The molecule has 3 atom stereocenters. The Bertz CT molecular complexity index is 516. The summed E-state index contributed by atoms with van der Waals surface area (Å²) in [7, 11) is 0. The summed E-state index contributed by atoms with van der Waals surface area (Å²) in [4.78, 5) is 1.80. The van der Waals surface area contributed by atoms with Gasteiger partial charge in [0.15, 0.2) is 11.6 Å². The van der Waals surface area contributed by atoms with Gasteiger partial charge in [-0.1, -0.05) is 26.8 Å². The predicted octanol–water partition coefficient (Wildman–Crippen LogP) is 2.92. The second kappa shape index (κ2) is 6.50. The van der Waals surface area contributed by atoms with E-state index in [1.807, 2.05) is 20.8 Å². The van der Waals surface area contributed by atoms with E-state index in [-0.39, 0.29) is 23.1 Å². The van der Waals surface area contributed by atoms with Gasteiger partial charge in [-0.05, 0) is 36.3 Å². The molecule has 0 saturated carbocycles. The van der Waals surface area contributed by atoms with Crippen LogP contribution in [0.4, 0.5) is 14.5 Å². The van der Waals surface area contributed by atoms with Gasteiger partial charge < -0.3 is 15.7 Å². The zero-order chi connectivity index (χ0) is 16.5. The number of nitrogens with two attached hydrogens (primary N) is 1. The molecule has 1 aromatic rings. The molecule has 5 heteroatoms. The number of nitrogens with zero attached hydrogens (tertiary/aromatic N) is 1. The highest BCUT2D eigenvalue weighted by Gasteiger charge is 2.31. The molecule has 22 heavy (non-hydrogen) atoms. The molecule has 1 aliphatic rings. The summed E-state index contributed by atoms with van der Waals surface area (Å²) in [6.45, 7) is 7.06. The number of aliphatic hydroxyl groups is 1. The minimum atomic E-state index is -0.845. The summed E-state index contributed by atoms with van der Waals surface area (Å²) in [6.07, 6.45) is 0.965. The Balaban J connectivity index is 2.13. The number of rotatable bonds is 3. The lowest BCUT2D eigenvalue weighted by Crippen LogP contribution is -2.48. The number of hydrogen-bond donors (Lipinski definition) is 2. The summed E-state index contributed by atoms with van der Waals surface area (Å²) >= 11 is 0. The summed E-state index contributed by atoms with van der Waals surface area (Å²) in [5.74, 6) is -1.50. The van der Waals surface area contributed by atoms with Crippen molar-refractivity contribution in [2.45, 2.75) is 45.8 Å². The van der Waals surface area contributed by atoms with Crippen LogP contribution in [0.15, 0.2) is 18.2 Å². The van der Waals surface area contributed by atoms with E-state index in [0.717, 1.165) is 12.5 Å². The van der Waals surface area contributed by atoms with Gasteiger partial charge >= 0.3 is 0 Å².